The normalized spacial score (nSPS) is 13.5. The van der Waals surface area contributed by atoms with Gasteiger partial charge in [-0.15, -0.1) is 11.3 Å². The molecule has 0 saturated carbocycles. The molecule has 0 aromatic carbocycles. The van der Waals surface area contributed by atoms with Crippen molar-refractivity contribution in [2.45, 2.75) is 45.4 Å². The number of nitrogens with zero attached hydrogens (tertiary/aromatic N) is 1. The molecule has 0 fully saturated rings. The number of rotatable bonds is 9. The van der Waals surface area contributed by atoms with Crippen LogP contribution in [-0.4, -0.2) is 23.3 Å². The Bertz CT molecular complexity index is 1010. The van der Waals surface area contributed by atoms with E-state index in [1.54, 1.807) is 24.3 Å². The van der Waals surface area contributed by atoms with Crippen LogP contribution >= 0.6 is 43.2 Å². The highest BCUT2D eigenvalue weighted by Gasteiger charge is 2.43. The highest BCUT2D eigenvalue weighted by molar-refractivity contribution is 9.10. The van der Waals surface area contributed by atoms with E-state index in [1.807, 2.05) is 0 Å². The fourth-order valence-corrected chi connectivity index (χ4v) is 5.50. The maximum atomic E-state index is 13.2. The third kappa shape index (κ3) is 4.09. The first-order chi connectivity index (χ1) is 14.5. The molecule has 0 bridgehead atoms. The Morgan fingerprint density at radius 1 is 0.800 bits per heavy atom. The monoisotopic (exact) mass is 553 g/mol. The molecule has 30 heavy (non-hydrogen) atoms. The molecule has 5 nitrogen and oxygen atoms in total. The predicted molar refractivity (Wildman–Crippen MR) is 124 cm³/mol. The standard InChI is InChI=1S/C22H21Br2NO4S/c1-2-3-4-5-6-7-12-25-21(26)17-18(22(25)27)20(14-9-11-16(24)29-14)30-19(17)13-8-10-15(23)28-13/h8-11H,2-7,12H2,1H3. The van der Waals surface area contributed by atoms with Gasteiger partial charge in [-0.3, -0.25) is 14.5 Å². The molecule has 1 aliphatic rings. The molecule has 4 heterocycles. The lowest BCUT2D eigenvalue weighted by Crippen LogP contribution is -2.31. The van der Waals surface area contributed by atoms with E-state index in [1.165, 1.54) is 35.5 Å². The van der Waals surface area contributed by atoms with Gasteiger partial charge < -0.3 is 8.83 Å². The van der Waals surface area contributed by atoms with Crippen molar-refractivity contribution < 1.29 is 18.4 Å². The summed E-state index contributed by atoms with van der Waals surface area (Å²) < 4.78 is 12.6. The van der Waals surface area contributed by atoms with Gasteiger partial charge in [0, 0.05) is 6.54 Å². The predicted octanol–water partition coefficient (Wildman–Crippen LogP) is 7.75. The van der Waals surface area contributed by atoms with Gasteiger partial charge >= 0.3 is 0 Å². The quantitative estimate of drug-likeness (QED) is 0.200. The third-order valence-corrected chi connectivity index (χ3v) is 7.23. The summed E-state index contributed by atoms with van der Waals surface area (Å²) in [5.41, 5.74) is 0.834. The van der Waals surface area contributed by atoms with Crippen molar-refractivity contribution in [3.05, 3.63) is 44.7 Å². The van der Waals surface area contributed by atoms with Crippen LogP contribution in [0.3, 0.4) is 0 Å². The number of halogens is 2. The zero-order valence-electron chi connectivity index (χ0n) is 16.5. The molecule has 3 aromatic rings. The van der Waals surface area contributed by atoms with Crippen LogP contribution in [0.5, 0.6) is 0 Å². The van der Waals surface area contributed by atoms with Crippen LogP contribution in [0, 0.1) is 0 Å². The van der Waals surface area contributed by atoms with Crippen molar-refractivity contribution in [2.24, 2.45) is 0 Å². The van der Waals surface area contributed by atoms with E-state index < -0.39 is 0 Å². The number of hydrogen-bond acceptors (Lipinski definition) is 5. The largest absolute Gasteiger partial charge is 0.448 e. The molecule has 0 aliphatic carbocycles. The molecule has 8 heteroatoms. The molecular weight excluding hydrogens is 534 g/mol. The summed E-state index contributed by atoms with van der Waals surface area (Å²) in [6.07, 6.45) is 6.57. The molecule has 3 aromatic heterocycles. The third-order valence-electron chi connectivity index (χ3n) is 5.16. The fourth-order valence-electron chi connectivity index (χ4n) is 3.67. The molecule has 0 radical (unpaired) electrons. The minimum Gasteiger partial charge on any atom is -0.448 e. The highest BCUT2D eigenvalue weighted by Crippen LogP contribution is 2.47. The van der Waals surface area contributed by atoms with Gasteiger partial charge in [-0.1, -0.05) is 39.0 Å². The second-order valence-corrected chi connectivity index (χ2v) is 9.83. The number of fused-ring (bicyclic) bond motifs is 1. The van der Waals surface area contributed by atoms with Crippen molar-refractivity contribution in [3.8, 4) is 21.3 Å². The lowest BCUT2D eigenvalue weighted by Gasteiger charge is -2.14. The van der Waals surface area contributed by atoms with Crippen LogP contribution in [0.25, 0.3) is 21.3 Å². The Hall–Kier alpha value is -1.64. The lowest BCUT2D eigenvalue weighted by atomic mass is 10.1. The van der Waals surface area contributed by atoms with Gasteiger partial charge in [0.05, 0.1) is 20.9 Å². The second-order valence-electron chi connectivity index (χ2n) is 7.25. The van der Waals surface area contributed by atoms with Crippen LogP contribution in [0.2, 0.25) is 0 Å². The van der Waals surface area contributed by atoms with E-state index in [0.717, 1.165) is 19.3 Å². The Morgan fingerprint density at radius 2 is 1.30 bits per heavy atom. The van der Waals surface area contributed by atoms with E-state index in [0.29, 0.717) is 48.3 Å². The number of unbranched alkanes of at least 4 members (excludes halogenated alkanes) is 5. The molecule has 2 amide bonds. The highest BCUT2D eigenvalue weighted by atomic mass is 79.9. The van der Waals surface area contributed by atoms with Crippen molar-refractivity contribution in [2.75, 3.05) is 6.54 Å². The Morgan fingerprint density at radius 3 is 1.77 bits per heavy atom. The molecule has 0 unspecified atom stereocenters. The first-order valence-corrected chi connectivity index (χ1v) is 12.5. The van der Waals surface area contributed by atoms with Gasteiger partial charge in [-0.25, -0.2) is 0 Å². The van der Waals surface area contributed by atoms with Crippen molar-refractivity contribution >= 4 is 55.0 Å². The molecule has 0 atom stereocenters. The smallest absolute Gasteiger partial charge is 0.263 e. The molecule has 4 rings (SSSR count). The summed E-state index contributed by atoms with van der Waals surface area (Å²) in [6, 6.07) is 7.15. The van der Waals surface area contributed by atoms with Crippen LogP contribution in [0.15, 0.2) is 42.4 Å². The maximum Gasteiger partial charge on any atom is 0.263 e. The summed E-state index contributed by atoms with van der Waals surface area (Å²) in [7, 11) is 0. The molecule has 1 aliphatic heterocycles. The minimum absolute atomic E-state index is 0.251. The van der Waals surface area contributed by atoms with Crippen LogP contribution in [0.1, 0.15) is 66.2 Å². The molecule has 158 valence electrons. The van der Waals surface area contributed by atoms with Gasteiger partial charge in [-0.05, 0) is 62.5 Å². The van der Waals surface area contributed by atoms with E-state index in [4.69, 9.17) is 8.83 Å². The summed E-state index contributed by atoms with van der Waals surface area (Å²) in [5, 5.41) is 0. The fraction of sp³-hybridized carbons (Fsp3) is 0.364. The summed E-state index contributed by atoms with van der Waals surface area (Å²) in [5.74, 6) is 0.614. The molecule has 0 saturated heterocycles. The lowest BCUT2D eigenvalue weighted by molar-refractivity contribution is 0.0651. The van der Waals surface area contributed by atoms with Crippen LogP contribution in [-0.2, 0) is 0 Å². The minimum atomic E-state index is -0.251. The van der Waals surface area contributed by atoms with E-state index >= 15 is 0 Å². The molecule has 0 N–H and O–H groups in total. The number of imide groups is 1. The summed E-state index contributed by atoms with van der Waals surface area (Å²) >= 11 is 7.97. The number of carbonyl (C=O) groups is 2. The molecule has 0 spiro atoms. The topological polar surface area (TPSA) is 63.7 Å². The van der Waals surface area contributed by atoms with Gasteiger partial charge in [0.2, 0.25) is 0 Å². The van der Waals surface area contributed by atoms with Crippen molar-refractivity contribution in [1.82, 2.24) is 4.90 Å². The van der Waals surface area contributed by atoms with E-state index in [9.17, 15) is 9.59 Å². The molecular formula is C22H21Br2NO4S. The first-order valence-electron chi connectivity index (χ1n) is 10.1. The number of carbonyl (C=O) groups excluding carboxylic acids is 2. The van der Waals surface area contributed by atoms with Gasteiger partial charge in [0.15, 0.2) is 9.34 Å². The van der Waals surface area contributed by atoms with Gasteiger partial charge in [-0.2, -0.15) is 0 Å². The zero-order valence-corrected chi connectivity index (χ0v) is 20.5. The van der Waals surface area contributed by atoms with Crippen molar-refractivity contribution in [1.29, 1.82) is 0 Å². The van der Waals surface area contributed by atoms with E-state index in [2.05, 4.69) is 38.8 Å². The van der Waals surface area contributed by atoms with Crippen molar-refractivity contribution in [3.63, 3.8) is 0 Å². The van der Waals surface area contributed by atoms with Crippen LogP contribution in [0.4, 0.5) is 0 Å². The number of furan rings is 2. The van der Waals surface area contributed by atoms with Gasteiger partial charge in [0.25, 0.3) is 11.8 Å². The number of thiophene rings is 1. The average molecular weight is 555 g/mol. The Kier molecular flexibility index (Phi) is 6.65. The average Bonchev–Trinajstić information content (AvgIpc) is 3.47. The first kappa shape index (κ1) is 21.6. The Labute approximate surface area is 195 Å². The number of amides is 2. The summed E-state index contributed by atoms with van der Waals surface area (Å²) in [6.45, 7) is 2.62. The zero-order chi connectivity index (χ0) is 21.3. The van der Waals surface area contributed by atoms with E-state index in [-0.39, 0.29) is 11.8 Å². The van der Waals surface area contributed by atoms with Crippen LogP contribution < -0.4 is 0 Å². The Balaban J connectivity index is 1.65. The van der Waals surface area contributed by atoms with Gasteiger partial charge in [0.1, 0.15) is 11.5 Å². The summed E-state index contributed by atoms with van der Waals surface area (Å²) in [4.78, 5) is 29.2. The SMILES string of the molecule is CCCCCCCCN1C(=O)c2c(-c3ccc(Br)o3)sc(-c3ccc(Br)o3)c2C1=O. The maximum absolute atomic E-state index is 13.2. The number of hydrogen-bond donors (Lipinski definition) is 0. The second kappa shape index (κ2) is 9.24.